The Hall–Kier alpha value is -3.81. The van der Waals surface area contributed by atoms with Crippen molar-refractivity contribution in [2.75, 3.05) is 6.54 Å². The molecular weight excluding hydrogens is 634 g/mol. The Labute approximate surface area is 263 Å². The molecule has 0 bridgehead atoms. The molecular formula is C32H30ClF4N3O4S. The molecule has 0 unspecified atom stereocenters. The standard InChI is InChI=1S/C32H30ClF4N3O4S/c33-26-8-2-5-23(15-26)19-39-45(43,44)28-9-3-6-24(17-28)31(42)40-29(16-21-10-12-27(34)13-11-21)30(41)20-38-18-22-4-1-7-25(14-22)32(35,36)37/h1-15,17,29-30,38-39,41H,16,18-20H2,(H,40,42)/t29-,30-/m0/s1. The summed E-state index contributed by atoms with van der Waals surface area (Å²) in [5, 5.41) is 17.1. The number of alkyl halides is 3. The van der Waals surface area contributed by atoms with Crippen LogP contribution in [-0.4, -0.2) is 38.1 Å². The van der Waals surface area contributed by atoms with Crippen molar-refractivity contribution >= 4 is 27.5 Å². The van der Waals surface area contributed by atoms with E-state index in [9.17, 15) is 35.9 Å². The van der Waals surface area contributed by atoms with E-state index in [1.807, 2.05) is 0 Å². The van der Waals surface area contributed by atoms with Gasteiger partial charge in [0.15, 0.2) is 0 Å². The number of carbonyl (C=O) groups is 1. The molecule has 238 valence electrons. The smallest absolute Gasteiger partial charge is 0.390 e. The summed E-state index contributed by atoms with van der Waals surface area (Å²) in [7, 11) is -4.01. The average molecular weight is 664 g/mol. The van der Waals surface area contributed by atoms with E-state index in [1.54, 1.807) is 24.3 Å². The fourth-order valence-corrected chi connectivity index (χ4v) is 5.76. The molecule has 0 saturated heterocycles. The molecule has 1 amide bonds. The monoisotopic (exact) mass is 663 g/mol. The zero-order valence-electron chi connectivity index (χ0n) is 23.7. The van der Waals surface area contributed by atoms with Crippen LogP contribution >= 0.6 is 11.6 Å². The first-order chi connectivity index (χ1) is 21.3. The van der Waals surface area contributed by atoms with E-state index < -0.39 is 45.6 Å². The van der Waals surface area contributed by atoms with Gasteiger partial charge in [0, 0.05) is 30.2 Å². The number of halogens is 5. The van der Waals surface area contributed by atoms with E-state index in [4.69, 9.17) is 11.6 Å². The zero-order chi connectivity index (χ0) is 32.6. The van der Waals surface area contributed by atoms with Crippen molar-refractivity contribution in [1.82, 2.24) is 15.4 Å². The minimum absolute atomic E-state index is 0.00821. The molecule has 4 aromatic carbocycles. The summed E-state index contributed by atoms with van der Waals surface area (Å²) in [4.78, 5) is 13.1. The molecule has 0 aliphatic rings. The van der Waals surface area contributed by atoms with Crippen molar-refractivity contribution in [3.05, 3.63) is 136 Å². The third-order valence-corrected chi connectivity index (χ3v) is 8.48. The van der Waals surface area contributed by atoms with Crippen LogP contribution in [0.2, 0.25) is 5.02 Å². The number of nitrogens with one attached hydrogen (secondary N) is 3. The first-order valence-corrected chi connectivity index (χ1v) is 15.6. The molecule has 0 aromatic heterocycles. The summed E-state index contributed by atoms with van der Waals surface area (Å²) in [5.74, 6) is -1.14. The molecule has 4 N–H and O–H groups in total. The minimum atomic E-state index is -4.50. The van der Waals surface area contributed by atoms with Crippen molar-refractivity contribution < 1.29 is 35.9 Å². The molecule has 0 aliphatic carbocycles. The number of amides is 1. The Balaban J connectivity index is 1.45. The van der Waals surface area contributed by atoms with E-state index in [-0.39, 0.29) is 36.5 Å². The van der Waals surface area contributed by atoms with Gasteiger partial charge in [-0.2, -0.15) is 13.2 Å². The zero-order valence-corrected chi connectivity index (χ0v) is 25.3. The van der Waals surface area contributed by atoms with Crippen LogP contribution in [0.3, 0.4) is 0 Å². The van der Waals surface area contributed by atoms with E-state index in [1.165, 1.54) is 60.7 Å². The second kappa shape index (κ2) is 15.0. The van der Waals surface area contributed by atoms with Gasteiger partial charge in [0.1, 0.15) is 5.82 Å². The lowest BCUT2D eigenvalue weighted by Crippen LogP contribution is -2.48. The van der Waals surface area contributed by atoms with Crippen LogP contribution in [0.15, 0.2) is 102 Å². The highest BCUT2D eigenvalue weighted by molar-refractivity contribution is 7.89. The maximum atomic E-state index is 13.5. The fourth-order valence-electron chi connectivity index (χ4n) is 4.49. The van der Waals surface area contributed by atoms with Crippen LogP contribution in [0.25, 0.3) is 0 Å². The van der Waals surface area contributed by atoms with Crippen molar-refractivity contribution in [3.8, 4) is 0 Å². The fraction of sp³-hybridized carbons (Fsp3) is 0.219. The quantitative estimate of drug-likeness (QED) is 0.142. The van der Waals surface area contributed by atoms with Crippen molar-refractivity contribution in [2.45, 2.75) is 42.7 Å². The van der Waals surface area contributed by atoms with Gasteiger partial charge in [-0.15, -0.1) is 0 Å². The van der Waals surface area contributed by atoms with Crippen LogP contribution in [0, 0.1) is 5.82 Å². The lowest BCUT2D eigenvalue weighted by Gasteiger charge is -2.25. The third-order valence-electron chi connectivity index (χ3n) is 6.85. The topological polar surface area (TPSA) is 108 Å². The predicted molar refractivity (Wildman–Crippen MR) is 162 cm³/mol. The first kappa shape index (κ1) is 34.1. The lowest BCUT2D eigenvalue weighted by molar-refractivity contribution is -0.137. The highest BCUT2D eigenvalue weighted by Crippen LogP contribution is 2.29. The average Bonchev–Trinajstić information content (AvgIpc) is 3.00. The van der Waals surface area contributed by atoms with Crippen molar-refractivity contribution in [1.29, 1.82) is 0 Å². The largest absolute Gasteiger partial charge is 0.416 e. The number of benzene rings is 4. The maximum absolute atomic E-state index is 13.5. The molecule has 2 atom stereocenters. The van der Waals surface area contributed by atoms with Gasteiger partial charge in [-0.1, -0.05) is 60.1 Å². The van der Waals surface area contributed by atoms with Crippen LogP contribution < -0.4 is 15.4 Å². The third kappa shape index (κ3) is 10.1. The summed E-state index contributed by atoms with van der Waals surface area (Å²) < 4.78 is 81.1. The van der Waals surface area contributed by atoms with E-state index in [0.717, 1.165) is 12.1 Å². The number of sulfonamides is 1. The minimum Gasteiger partial charge on any atom is -0.390 e. The maximum Gasteiger partial charge on any atom is 0.416 e. The van der Waals surface area contributed by atoms with E-state index in [2.05, 4.69) is 15.4 Å². The lowest BCUT2D eigenvalue weighted by atomic mass is 10.00. The SMILES string of the molecule is O=C(N[C@@H](Cc1ccc(F)cc1)[C@@H](O)CNCc1cccc(C(F)(F)F)c1)c1cccc(S(=O)(=O)NCc2cccc(Cl)c2)c1. The van der Waals surface area contributed by atoms with Gasteiger partial charge in [-0.25, -0.2) is 17.5 Å². The van der Waals surface area contributed by atoms with Gasteiger partial charge in [-0.05, 0) is 71.6 Å². The molecule has 0 heterocycles. The molecule has 0 aliphatic heterocycles. The Morgan fingerprint density at radius 3 is 2.20 bits per heavy atom. The van der Waals surface area contributed by atoms with Gasteiger partial charge >= 0.3 is 6.18 Å². The number of aliphatic hydroxyl groups excluding tert-OH is 1. The highest BCUT2D eigenvalue weighted by Gasteiger charge is 2.30. The number of aliphatic hydroxyl groups is 1. The second-order valence-corrected chi connectivity index (χ2v) is 12.5. The summed E-state index contributed by atoms with van der Waals surface area (Å²) in [5.41, 5.74) is 0.791. The molecule has 4 rings (SSSR count). The van der Waals surface area contributed by atoms with E-state index >= 15 is 0 Å². The Bertz CT molecular complexity index is 1720. The molecule has 0 radical (unpaired) electrons. The van der Waals surface area contributed by atoms with Crippen molar-refractivity contribution in [2.24, 2.45) is 0 Å². The Kier molecular flexibility index (Phi) is 11.3. The molecule has 13 heteroatoms. The van der Waals surface area contributed by atoms with Crippen LogP contribution in [0.1, 0.15) is 32.6 Å². The van der Waals surface area contributed by atoms with Crippen molar-refractivity contribution in [3.63, 3.8) is 0 Å². The summed E-state index contributed by atoms with van der Waals surface area (Å²) in [6.45, 7) is -0.122. The molecule has 0 spiro atoms. The van der Waals surface area contributed by atoms with Gasteiger partial charge in [0.2, 0.25) is 10.0 Å². The first-order valence-electron chi connectivity index (χ1n) is 13.7. The predicted octanol–water partition coefficient (Wildman–Crippen LogP) is 5.47. The van der Waals surface area contributed by atoms with E-state index in [0.29, 0.717) is 21.7 Å². The van der Waals surface area contributed by atoms with Crippen LogP contribution in [-0.2, 0) is 35.7 Å². The number of rotatable bonds is 13. The highest BCUT2D eigenvalue weighted by atomic mass is 35.5. The number of hydrogen-bond donors (Lipinski definition) is 4. The van der Waals surface area contributed by atoms with Crippen LogP contribution in [0.4, 0.5) is 17.6 Å². The van der Waals surface area contributed by atoms with Crippen LogP contribution in [0.5, 0.6) is 0 Å². The summed E-state index contributed by atoms with van der Waals surface area (Å²) in [6.07, 6.45) is -5.64. The normalized spacial score (nSPS) is 13.3. The van der Waals surface area contributed by atoms with Gasteiger partial charge in [-0.3, -0.25) is 4.79 Å². The Morgan fingerprint density at radius 2 is 1.51 bits per heavy atom. The number of hydrogen-bond acceptors (Lipinski definition) is 5. The van der Waals surface area contributed by atoms with Gasteiger partial charge in [0.25, 0.3) is 5.91 Å². The van der Waals surface area contributed by atoms with Gasteiger partial charge < -0.3 is 15.7 Å². The van der Waals surface area contributed by atoms with Gasteiger partial charge in [0.05, 0.1) is 22.6 Å². The molecule has 0 fully saturated rings. The molecule has 7 nitrogen and oxygen atoms in total. The molecule has 0 saturated carbocycles. The Morgan fingerprint density at radius 1 is 0.844 bits per heavy atom. The molecule has 4 aromatic rings. The second-order valence-electron chi connectivity index (χ2n) is 10.3. The molecule has 45 heavy (non-hydrogen) atoms. The summed E-state index contributed by atoms with van der Waals surface area (Å²) >= 11 is 5.97. The summed E-state index contributed by atoms with van der Waals surface area (Å²) in [6, 6.07) is 21.3. The number of carbonyl (C=O) groups excluding carboxylic acids is 1.